The van der Waals surface area contributed by atoms with Gasteiger partial charge in [0.1, 0.15) is 10.9 Å². The van der Waals surface area contributed by atoms with Crippen LogP contribution in [0.25, 0.3) is 11.1 Å². The molecular formula is C13H15ClN2O2. The standard InChI is InChI=1S/C13H15ClN2O2/c1-8-4-3-5-10-12(8)16-11(18-10)6-7-15-13(17)9(2)14/h3-5,9H,6-7H2,1-2H3,(H,15,17). The molecule has 0 saturated heterocycles. The highest BCUT2D eigenvalue weighted by Gasteiger charge is 2.10. The van der Waals surface area contributed by atoms with Crippen molar-refractivity contribution in [3.05, 3.63) is 29.7 Å². The van der Waals surface area contributed by atoms with Crippen LogP contribution in [-0.2, 0) is 11.2 Å². The summed E-state index contributed by atoms with van der Waals surface area (Å²) in [5.41, 5.74) is 2.74. The first-order valence-electron chi connectivity index (χ1n) is 5.84. The van der Waals surface area contributed by atoms with E-state index >= 15 is 0 Å². The number of carbonyl (C=O) groups is 1. The number of halogens is 1. The van der Waals surface area contributed by atoms with Crippen molar-refractivity contribution in [1.29, 1.82) is 0 Å². The third-order valence-electron chi connectivity index (χ3n) is 2.66. The van der Waals surface area contributed by atoms with E-state index in [1.54, 1.807) is 6.92 Å². The van der Waals surface area contributed by atoms with Gasteiger partial charge in [0.05, 0.1) is 0 Å². The molecule has 18 heavy (non-hydrogen) atoms. The van der Waals surface area contributed by atoms with Crippen LogP contribution in [0.3, 0.4) is 0 Å². The van der Waals surface area contributed by atoms with Crippen LogP contribution in [0.1, 0.15) is 18.4 Å². The van der Waals surface area contributed by atoms with Gasteiger partial charge in [-0.1, -0.05) is 12.1 Å². The van der Waals surface area contributed by atoms with Crippen LogP contribution in [0.15, 0.2) is 22.6 Å². The van der Waals surface area contributed by atoms with Gasteiger partial charge in [-0.05, 0) is 25.5 Å². The molecule has 1 atom stereocenters. The van der Waals surface area contributed by atoms with E-state index in [-0.39, 0.29) is 5.91 Å². The molecule has 0 bridgehead atoms. The van der Waals surface area contributed by atoms with E-state index in [4.69, 9.17) is 16.0 Å². The van der Waals surface area contributed by atoms with Crippen LogP contribution in [0.5, 0.6) is 0 Å². The van der Waals surface area contributed by atoms with E-state index in [0.29, 0.717) is 18.9 Å². The molecule has 2 aromatic rings. The average molecular weight is 267 g/mol. The summed E-state index contributed by atoms with van der Waals surface area (Å²) in [7, 11) is 0. The van der Waals surface area contributed by atoms with E-state index in [2.05, 4.69) is 10.3 Å². The molecule has 1 unspecified atom stereocenters. The fourth-order valence-electron chi connectivity index (χ4n) is 1.67. The topological polar surface area (TPSA) is 55.1 Å². The quantitative estimate of drug-likeness (QED) is 0.865. The first-order chi connectivity index (χ1) is 8.58. The van der Waals surface area contributed by atoms with Crippen LogP contribution >= 0.6 is 11.6 Å². The highest BCUT2D eigenvalue weighted by molar-refractivity contribution is 6.30. The molecule has 4 nitrogen and oxygen atoms in total. The largest absolute Gasteiger partial charge is 0.441 e. The lowest BCUT2D eigenvalue weighted by atomic mass is 10.2. The van der Waals surface area contributed by atoms with Gasteiger partial charge in [-0.2, -0.15) is 0 Å². The molecule has 96 valence electrons. The summed E-state index contributed by atoms with van der Waals surface area (Å²) < 4.78 is 5.60. The Morgan fingerprint density at radius 2 is 2.33 bits per heavy atom. The summed E-state index contributed by atoms with van der Waals surface area (Å²) in [6.07, 6.45) is 0.559. The second-order valence-electron chi connectivity index (χ2n) is 4.19. The summed E-state index contributed by atoms with van der Waals surface area (Å²) in [5, 5.41) is 2.20. The Hall–Kier alpha value is -1.55. The van der Waals surface area contributed by atoms with Crippen molar-refractivity contribution >= 4 is 28.6 Å². The van der Waals surface area contributed by atoms with Crippen molar-refractivity contribution in [2.45, 2.75) is 25.6 Å². The summed E-state index contributed by atoms with van der Waals surface area (Å²) in [6.45, 7) is 4.10. The van der Waals surface area contributed by atoms with E-state index in [0.717, 1.165) is 16.7 Å². The number of hydrogen-bond donors (Lipinski definition) is 1. The third kappa shape index (κ3) is 2.82. The number of nitrogens with one attached hydrogen (secondary N) is 1. The Balaban J connectivity index is 2.00. The Kier molecular flexibility index (Phi) is 3.87. The van der Waals surface area contributed by atoms with Gasteiger partial charge in [-0.3, -0.25) is 4.79 Å². The predicted octanol–water partition coefficient (Wildman–Crippen LogP) is 2.42. The Bertz CT molecular complexity index is 563. The van der Waals surface area contributed by atoms with Crippen LogP contribution in [0, 0.1) is 6.92 Å². The van der Waals surface area contributed by atoms with Crippen LogP contribution < -0.4 is 5.32 Å². The molecule has 1 amide bonds. The maximum absolute atomic E-state index is 11.3. The second kappa shape index (κ2) is 5.40. The Morgan fingerprint density at radius 3 is 3.00 bits per heavy atom. The molecule has 0 spiro atoms. The molecular weight excluding hydrogens is 252 g/mol. The van der Waals surface area contributed by atoms with Gasteiger partial charge in [0.25, 0.3) is 0 Å². The van der Waals surface area contributed by atoms with E-state index in [1.807, 2.05) is 25.1 Å². The Labute approximate surface area is 110 Å². The van der Waals surface area contributed by atoms with E-state index < -0.39 is 5.38 Å². The van der Waals surface area contributed by atoms with Crippen molar-refractivity contribution in [1.82, 2.24) is 10.3 Å². The molecule has 2 rings (SSSR count). The molecule has 0 fully saturated rings. The van der Waals surface area contributed by atoms with Gasteiger partial charge >= 0.3 is 0 Å². The Morgan fingerprint density at radius 1 is 1.56 bits per heavy atom. The zero-order valence-electron chi connectivity index (χ0n) is 10.4. The monoisotopic (exact) mass is 266 g/mol. The van der Waals surface area contributed by atoms with Crippen molar-refractivity contribution < 1.29 is 9.21 Å². The van der Waals surface area contributed by atoms with E-state index in [9.17, 15) is 4.79 Å². The highest BCUT2D eigenvalue weighted by atomic mass is 35.5. The molecule has 0 aliphatic rings. The van der Waals surface area contributed by atoms with E-state index in [1.165, 1.54) is 0 Å². The number of rotatable bonds is 4. The lowest BCUT2D eigenvalue weighted by molar-refractivity contribution is -0.120. The van der Waals surface area contributed by atoms with Crippen LogP contribution in [-0.4, -0.2) is 22.8 Å². The summed E-state index contributed by atoms with van der Waals surface area (Å²) >= 11 is 5.64. The molecule has 0 radical (unpaired) electrons. The lowest BCUT2D eigenvalue weighted by Crippen LogP contribution is -2.31. The van der Waals surface area contributed by atoms with Crippen LogP contribution in [0.4, 0.5) is 0 Å². The molecule has 1 N–H and O–H groups in total. The number of aromatic nitrogens is 1. The maximum Gasteiger partial charge on any atom is 0.237 e. The number of amides is 1. The number of oxazole rings is 1. The smallest absolute Gasteiger partial charge is 0.237 e. The second-order valence-corrected chi connectivity index (χ2v) is 4.84. The lowest BCUT2D eigenvalue weighted by Gasteiger charge is -2.03. The van der Waals surface area contributed by atoms with Gasteiger partial charge in [0.2, 0.25) is 5.91 Å². The summed E-state index contributed by atoms with van der Waals surface area (Å²) in [6, 6.07) is 5.81. The fourth-order valence-corrected chi connectivity index (χ4v) is 1.75. The molecule has 1 aromatic carbocycles. The minimum Gasteiger partial charge on any atom is -0.441 e. The van der Waals surface area contributed by atoms with Crippen molar-refractivity contribution in [3.63, 3.8) is 0 Å². The van der Waals surface area contributed by atoms with Gasteiger partial charge in [-0.15, -0.1) is 11.6 Å². The van der Waals surface area contributed by atoms with Gasteiger partial charge in [0, 0.05) is 13.0 Å². The number of fused-ring (bicyclic) bond motifs is 1. The van der Waals surface area contributed by atoms with Gasteiger partial charge in [-0.25, -0.2) is 4.98 Å². The fraction of sp³-hybridized carbons (Fsp3) is 0.385. The number of para-hydroxylation sites is 1. The number of nitrogens with zero attached hydrogens (tertiary/aromatic N) is 1. The third-order valence-corrected chi connectivity index (χ3v) is 2.86. The molecule has 1 heterocycles. The molecule has 1 aromatic heterocycles. The zero-order valence-corrected chi connectivity index (χ0v) is 11.1. The van der Waals surface area contributed by atoms with Gasteiger partial charge < -0.3 is 9.73 Å². The maximum atomic E-state index is 11.3. The minimum absolute atomic E-state index is 0.177. The highest BCUT2D eigenvalue weighted by Crippen LogP contribution is 2.18. The molecule has 0 aliphatic heterocycles. The SMILES string of the molecule is Cc1cccc2oc(CCNC(=O)C(C)Cl)nc12. The minimum atomic E-state index is -0.518. The molecule has 0 saturated carbocycles. The van der Waals surface area contributed by atoms with Crippen LogP contribution in [0.2, 0.25) is 0 Å². The predicted molar refractivity (Wildman–Crippen MR) is 70.8 cm³/mol. The number of benzene rings is 1. The molecule has 0 aliphatic carbocycles. The first kappa shape index (κ1) is 12.9. The summed E-state index contributed by atoms with van der Waals surface area (Å²) in [4.78, 5) is 15.7. The van der Waals surface area contributed by atoms with Crippen molar-refractivity contribution in [2.75, 3.05) is 6.54 Å². The normalized spacial score (nSPS) is 12.6. The average Bonchev–Trinajstić information content (AvgIpc) is 2.73. The molecule has 5 heteroatoms. The van der Waals surface area contributed by atoms with Gasteiger partial charge in [0.15, 0.2) is 11.5 Å². The zero-order chi connectivity index (χ0) is 13.1. The number of alkyl halides is 1. The number of hydrogen-bond acceptors (Lipinski definition) is 3. The number of carbonyl (C=O) groups excluding carboxylic acids is 1. The van der Waals surface area contributed by atoms with Crippen molar-refractivity contribution in [3.8, 4) is 0 Å². The summed E-state index contributed by atoms with van der Waals surface area (Å²) in [5.74, 6) is 0.450. The van der Waals surface area contributed by atoms with Crippen molar-refractivity contribution in [2.24, 2.45) is 0 Å². The number of aryl methyl sites for hydroxylation is 1. The first-order valence-corrected chi connectivity index (χ1v) is 6.28.